The molecule has 0 aliphatic carbocycles. The van der Waals surface area contributed by atoms with Gasteiger partial charge in [0, 0.05) is 12.6 Å². The van der Waals surface area contributed by atoms with Gasteiger partial charge in [0.25, 0.3) is 0 Å². The van der Waals surface area contributed by atoms with E-state index in [9.17, 15) is 0 Å². The highest BCUT2D eigenvalue weighted by atomic mass is 16.5. The predicted molar refractivity (Wildman–Crippen MR) is 92.9 cm³/mol. The largest absolute Gasteiger partial charge is 0.378 e. The van der Waals surface area contributed by atoms with Crippen molar-refractivity contribution in [1.29, 1.82) is 0 Å². The SMILES string of the molecule is CCCCCCCCC(CCC1CCCCO1)NCCC. The summed E-state index contributed by atoms with van der Waals surface area (Å²) in [7, 11) is 0. The van der Waals surface area contributed by atoms with Crippen molar-refractivity contribution in [2.45, 2.75) is 109 Å². The van der Waals surface area contributed by atoms with Gasteiger partial charge in [-0.05, 0) is 51.5 Å². The van der Waals surface area contributed by atoms with Crippen molar-refractivity contribution >= 4 is 0 Å². The lowest BCUT2D eigenvalue weighted by Crippen LogP contribution is -2.31. The lowest BCUT2D eigenvalue weighted by molar-refractivity contribution is 0.00841. The molecule has 126 valence electrons. The summed E-state index contributed by atoms with van der Waals surface area (Å²) in [5, 5.41) is 3.76. The quantitative estimate of drug-likeness (QED) is 0.456. The summed E-state index contributed by atoms with van der Waals surface area (Å²) >= 11 is 0. The molecule has 0 aromatic rings. The Morgan fingerprint density at radius 1 is 0.952 bits per heavy atom. The molecule has 0 saturated carbocycles. The van der Waals surface area contributed by atoms with Crippen LogP contribution in [-0.4, -0.2) is 25.3 Å². The average Bonchev–Trinajstić information content (AvgIpc) is 2.53. The fraction of sp³-hybridized carbons (Fsp3) is 1.00. The van der Waals surface area contributed by atoms with Crippen molar-refractivity contribution < 1.29 is 4.74 Å². The number of ether oxygens (including phenoxy) is 1. The van der Waals surface area contributed by atoms with E-state index in [-0.39, 0.29) is 0 Å². The van der Waals surface area contributed by atoms with E-state index in [1.807, 2.05) is 0 Å². The lowest BCUT2D eigenvalue weighted by atomic mass is 9.98. The zero-order valence-electron chi connectivity index (χ0n) is 14.7. The first-order valence-electron chi connectivity index (χ1n) is 9.71. The molecule has 2 heteroatoms. The van der Waals surface area contributed by atoms with E-state index in [0.717, 1.165) is 12.6 Å². The molecule has 0 radical (unpaired) electrons. The van der Waals surface area contributed by atoms with Crippen molar-refractivity contribution in [1.82, 2.24) is 5.32 Å². The minimum absolute atomic E-state index is 0.550. The molecule has 1 aliphatic heterocycles. The Balaban J connectivity index is 2.10. The van der Waals surface area contributed by atoms with Crippen molar-refractivity contribution in [2.75, 3.05) is 13.2 Å². The fourth-order valence-corrected chi connectivity index (χ4v) is 3.29. The molecule has 21 heavy (non-hydrogen) atoms. The van der Waals surface area contributed by atoms with Gasteiger partial charge < -0.3 is 10.1 Å². The van der Waals surface area contributed by atoms with Crippen molar-refractivity contribution in [3.8, 4) is 0 Å². The van der Waals surface area contributed by atoms with Crippen LogP contribution in [0.25, 0.3) is 0 Å². The molecule has 1 N–H and O–H groups in total. The third kappa shape index (κ3) is 10.3. The molecule has 0 aromatic carbocycles. The summed E-state index contributed by atoms with van der Waals surface area (Å²) in [6.07, 6.45) is 18.1. The Morgan fingerprint density at radius 2 is 1.76 bits per heavy atom. The monoisotopic (exact) mass is 297 g/mol. The summed E-state index contributed by atoms with van der Waals surface area (Å²) in [4.78, 5) is 0. The summed E-state index contributed by atoms with van der Waals surface area (Å²) in [5.41, 5.74) is 0. The molecule has 0 spiro atoms. The van der Waals surface area contributed by atoms with Crippen LogP contribution < -0.4 is 5.32 Å². The molecular weight excluding hydrogens is 258 g/mol. The summed E-state index contributed by atoms with van der Waals surface area (Å²) in [6.45, 7) is 6.72. The van der Waals surface area contributed by atoms with Gasteiger partial charge in [-0.1, -0.05) is 52.4 Å². The first-order valence-corrected chi connectivity index (χ1v) is 9.71. The molecule has 2 atom stereocenters. The Morgan fingerprint density at radius 3 is 2.48 bits per heavy atom. The fourth-order valence-electron chi connectivity index (χ4n) is 3.29. The Hall–Kier alpha value is -0.0800. The second-order valence-corrected chi connectivity index (χ2v) is 6.77. The minimum atomic E-state index is 0.550. The highest BCUT2D eigenvalue weighted by molar-refractivity contribution is 4.71. The van der Waals surface area contributed by atoms with E-state index in [2.05, 4.69) is 19.2 Å². The second-order valence-electron chi connectivity index (χ2n) is 6.77. The van der Waals surface area contributed by atoms with Crippen LogP contribution in [0.3, 0.4) is 0 Å². The highest BCUT2D eigenvalue weighted by Crippen LogP contribution is 2.19. The molecule has 2 nitrogen and oxygen atoms in total. The van der Waals surface area contributed by atoms with E-state index < -0.39 is 0 Å². The van der Waals surface area contributed by atoms with Gasteiger partial charge in [-0.3, -0.25) is 0 Å². The standard InChI is InChI=1S/C19H39NO/c1-3-5-6-7-8-9-12-18(20-16-4-2)14-15-19-13-10-11-17-21-19/h18-20H,3-17H2,1-2H3. The first kappa shape index (κ1) is 19.0. The molecule has 0 aromatic heterocycles. The van der Waals surface area contributed by atoms with E-state index in [1.54, 1.807) is 0 Å². The smallest absolute Gasteiger partial charge is 0.0575 e. The third-order valence-corrected chi connectivity index (χ3v) is 4.70. The molecule has 0 bridgehead atoms. The van der Waals surface area contributed by atoms with Crippen LogP contribution in [0, 0.1) is 0 Å². The van der Waals surface area contributed by atoms with E-state index in [1.165, 1.54) is 90.0 Å². The predicted octanol–water partition coefficient (Wildman–Crippen LogP) is 5.45. The minimum Gasteiger partial charge on any atom is -0.378 e. The second kappa shape index (κ2) is 13.6. The Kier molecular flexibility index (Phi) is 12.3. The van der Waals surface area contributed by atoms with Gasteiger partial charge in [0.1, 0.15) is 0 Å². The molecule has 0 amide bonds. The van der Waals surface area contributed by atoms with Crippen LogP contribution in [0.15, 0.2) is 0 Å². The molecule has 1 aliphatic rings. The number of unbranched alkanes of at least 4 members (excludes halogenated alkanes) is 5. The van der Waals surface area contributed by atoms with Crippen LogP contribution >= 0.6 is 0 Å². The number of hydrogen-bond donors (Lipinski definition) is 1. The van der Waals surface area contributed by atoms with Gasteiger partial charge in [0.15, 0.2) is 0 Å². The molecular formula is C19H39NO. The lowest BCUT2D eigenvalue weighted by Gasteiger charge is -2.25. The normalized spacial score (nSPS) is 20.6. The summed E-state index contributed by atoms with van der Waals surface area (Å²) < 4.78 is 5.87. The molecule has 1 heterocycles. The van der Waals surface area contributed by atoms with Crippen LogP contribution in [0.5, 0.6) is 0 Å². The van der Waals surface area contributed by atoms with Gasteiger partial charge in [0.2, 0.25) is 0 Å². The van der Waals surface area contributed by atoms with Gasteiger partial charge in [-0.25, -0.2) is 0 Å². The third-order valence-electron chi connectivity index (χ3n) is 4.70. The maximum atomic E-state index is 5.87. The number of nitrogens with one attached hydrogen (secondary N) is 1. The van der Waals surface area contributed by atoms with Crippen molar-refractivity contribution in [3.05, 3.63) is 0 Å². The maximum absolute atomic E-state index is 5.87. The van der Waals surface area contributed by atoms with Crippen LogP contribution in [-0.2, 0) is 4.74 Å². The molecule has 1 fully saturated rings. The summed E-state index contributed by atoms with van der Waals surface area (Å²) in [5.74, 6) is 0. The maximum Gasteiger partial charge on any atom is 0.0575 e. The molecule has 1 saturated heterocycles. The van der Waals surface area contributed by atoms with Crippen LogP contribution in [0.2, 0.25) is 0 Å². The van der Waals surface area contributed by atoms with E-state index in [4.69, 9.17) is 4.74 Å². The zero-order valence-corrected chi connectivity index (χ0v) is 14.7. The van der Waals surface area contributed by atoms with Gasteiger partial charge in [0.05, 0.1) is 6.10 Å². The molecule has 1 rings (SSSR count). The topological polar surface area (TPSA) is 21.3 Å². The van der Waals surface area contributed by atoms with Crippen molar-refractivity contribution in [2.24, 2.45) is 0 Å². The van der Waals surface area contributed by atoms with Crippen molar-refractivity contribution in [3.63, 3.8) is 0 Å². The summed E-state index contributed by atoms with van der Waals surface area (Å²) in [6, 6.07) is 0.724. The number of rotatable bonds is 13. The van der Waals surface area contributed by atoms with Crippen LogP contribution in [0.1, 0.15) is 97.3 Å². The van der Waals surface area contributed by atoms with Gasteiger partial charge in [-0.15, -0.1) is 0 Å². The Bertz CT molecular complexity index is 214. The average molecular weight is 298 g/mol. The first-order chi connectivity index (χ1) is 10.4. The number of hydrogen-bond acceptors (Lipinski definition) is 2. The van der Waals surface area contributed by atoms with E-state index in [0.29, 0.717) is 6.10 Å². The van der Waals surface area contributed by atoms with E-state index >= 15 is 0 Å². The van der Waals surface area contributed by atoms with Gasteiger partial charge >= 0.3 is 0 Å². The highest BCUT2D eigenvalue weighted by Gasteiger charge is 2.16. The zero-order chi connectivity index (χ0) is 15.2. The molecule has 2 unspecified atom stereocenters. The van der Waals surface area contributed by atoms with Gasteiger partial charge in [-0.2, -0.15) is 0 Å². The van der Waals surface area contributed by atoms with Crippen LogP contribution in [0.4, 0.5) is 0 Å². The Labute approximate surface area is 133 Å².